The summed E-state index contributed by atoms with van der Waals surface area (Å²) in [5.74, 6) is 0.663. The third-order valence-electron chi connectivity index (χ3n) is 2.29. The summed E-state index contributed by atoms with van der Waals surface area (Å²) < 4.78 is 0. The first-order valence-electron chi connectivity index (χ1n) is 5.29. The molecule has 0 aliphatic rings. The van der Waals surface area contributed by atoms with Crippen molar-refractivity contribution >= 4 is 5.95 Å². The van der Waals surface area contributed by atoms with Gasteiger partial charge in [-0.25, -0.2) is 9.97 Å². The molecular formula is C12H14N4. The van der Waals surface area contributed by atoms with Crippen molar-refractivity contribution in [2.45, 2.75) is 13.8 Å². The van der Waals surface area contributed by atoms with E-state index in [0.29, 0.717) is 5.95 Å². The maximum atomic E-state index is 4.44. The highest BCUT2D eigenvalue weighted by Crippen LogP contribution is 2.20. The number of pyridine rings is 1. The van der Waals surface area contributed by atoms with Gasteiger partial charge in [-0.3, -0.25) is 4.98 Å². The second-order valence-corrected chi connectivity index (χ2v) is 3.49. The van der Waals surface area contributed by atoms with Crippen LogP contribution in [0.5, 0.6) is 0 Å². The second kappa shape index (κ2) is 4.70. The minimum Gasteiger partial charge on any atom is -0.354 e. The standard InChI is InChI=1S/C12H14N4/c1-3-14-12-15-7-5-11(16-12)10-4-6-13-8-9(10)2/h4-8H,3H2,1-2H3,(H,14,15,16). The summed E-state index contributed by atoms with van der Waals surface area (Å²) in [5, 5.41) is 3.10. The zero-order valence-corrected chi connectivity index (χ0v) is 9.44. The minimum atomic E-state index is 0.663. The Morgan fingerprint density at radius 3 is 2.88 bits per heavy atom. The van der Waals surface area contributed by atoms with E-state index in [0.717, 1.165) is 23.4 Å². The Balaban J connectivity index is 2.40. The van der Waals surface area contributed by atoms with Crippen LogP contribution in [0.2, 0.25) is 0 Å². The predicted molar refractivity (Wildman–Crippen MR) is 64.2 cm³/mol. The lowest BCUT2D eigenvalue weighted by Gasteiger charge is -2.06. The van der Waals surface area contributed by atoms with Crippen LogP contribution in [0.25, 0.3) is 11.3 Å². The van der Waals surface area contributed by atoms with Crippen LogP contribution < -0.4 is 5.32 Å². The van der Waals surface area contributed by atoms with Gasteiger partial charge in [0.15, 0.2) is 0 Å². The lowest BCUT2D eigenvalue weighted by atomic mass is 10.1. The van der Waals surface area contributed by atoms with Crippen LogP contribution in [0.1, 0.15) is 12.5 Å². The first kappa shape index (κ1) is 10.5. The van der Waals surface area contributed by atoms with Gasteiger partial charge in [-0.15, -0.1) is 0 Å². The number of hydrogen-bond acceptors (Lipinski definition) is 4. The molecule has 0 bridgehead atoms. The zero-order chi connectivity index (χ0) is 11.4. The third-order valence-corrected chi connectivity index (χ3v) is 2.29. The fourth-order valence-corrected chi connectivity index (χ4v) is 1.51. The Bertz CT molecular complexity index is 482. The second-order valence-electron chi connectivity index (χ2n) is 3.49. The first-order chi connectivity index (χ1) is 7.81. The number of nitrogens with zero attached hydrogens (tertiary/aromatic N) is 3. The summed E-state index contributed by atoms with van der Waals surface area (Å²) in [6, 6.07) is 3.87. The molecular weight excluding hydrogens is 200 g/mol. The molecule has 0 aliphatic carbocycles. The quantitative estimate of drug-likeness (QED) is 0.851. The molecule has 1 N–H and O–H groups in total. The van der Waals surface area contributed by atoms with Crippen LogP contribution in [-0.2, 0) is 0 Å². The summed E-state index contributed by atoms with van der Waals surface area (Å²) in [4.78, 5) is 12.7. The highest BCUT2D eigenvalue weighted by atomic mass is 15.1. The van der Waals surface area contributed by atoms with E-state index in [1.165, 1.54) is 0 Å². The molecule has 2 rings (SSSR count). The number of hydrogen-bond donors (Lipinski definition) is 1. The van der Waals surface area contributed by atoms with Gasteiger partial charge in [-0.1, -0.05) is 0 Å². The Kier molecular flexibility index (Phi) is 3.10. The highest BCUT2D eigenvalue weighted by molar-refractivity contribution is 5.63. The van der Waals surface area contributed by atoms with Crippen molar-refractivity contribution in [1.82, 2.24) is 15.0 Å². The lowest BCUT2D eigenvalue weighted by Crippen LogP contribution is -2.02. The SMILES string of the molecule is CCNc1nccc(-c2ccncc2C)n1. The molecule has 4 heteroatoms. The normalized spacial score (nSPS) is 10.1. The van der Waals surface area contributed by atoms with Crippen LogP contribution in [0.15, 0.2) is 30.7 Å². The van der Waals surface area contributed by atoms with Gasteiger partial charge < -0.3 is 5.32 Å². The van der Waals surface area contributed by atoms with Gasteiger partial charge in [0, 0.05) is 30.7 Å². The topological polar surface area (TPSA) is 50.7 Å². The zero-order valence-electron chi connectivity index (χ0n) is 9.44. The van der Waals surface area contributed by atoms with Crippen LogP contribution in [-0.4, -0.2) is 21.5 Å². The summed E-state index contributed by atoms with van der Waals surface area (Å²) in [5.41, 5.74) is 3.13. The molecule has 0 saturated carbocycles. The molecule has 0 spiro atoms. The maximum absolute atomic E-state index is 4.44. The molecule has 0 fully saturated rings. The number of aryl methyl sites for hydroxylation is 1. The van der Waals surface area contributed by atoms with Crippen molar-refractivity contribution in [3.63, 3.8) is 0 Å². The molecule has 0 aromatic carbocycles. The lowest BCUT2D eigenvalue weighted by molar-refractivity contribution is 1.08. The van der Waals surface area contributed by atoms with Crippen LogP contribution in [0.3, 0.4) is 0 Å². The van der Waals surface area contributed by atoms with Crippen molar-refractivity contribution < 1.29 is 0 Å². The molecule has 2 aromatic rings. The smallest absolute Gasteiger partial charge is 0.223 e. The molecule has 82 valence electrons. The monoisotopic (exact) mass is 214 g/mol. The van der Waals surface area contributed by atoms with Gasteiger partial charge in [0.25, 0.3) is 0 Å². The number of nitrogens with one attached hydrogen (secondary N) is 1. The van der Waals surface area contributed by atoms with Crippen molar-refractivity contribution in [2.24, 2.45) is 0 Å². The molecule has 0 aliphatic heterocycles. The van der Waals surface area contributed by atoms with Crippen LogP contribution in [0.4, 0.5) is 5.95 Å². The highest BCUT2D eigenvalue weighted by Gasteiger charge is 2.04. The Hall–Kier alpha value is -1.97. The number of aromatic nitrogens is 3. The van der Waals surface area contributed by atoms with Crippen molar-refractivity contribution in [3.05, 3.63) is 36.3 Å². The Morgan fingerprint density at radius 2 is 2.12 bits per heavy atom. The van der Waals surface area contributed by atoms with Crippen LogP contribution in [0, 0.1) is 6.92 Å². The summed E-state index contributed by atoms with van der Waals surface area (Å²) >= 11 is 0. The molecule has 2 heterocycles. The third kappa shape index (κ3) is 2.16. The predicted octanol–water partition coefficient (Wildman–Crippen LogP) is 2.28. The van der Waals surface area contributed by atoms with Gasteiger partial charge in [0.1, 0.15) is 0 Å². The molecule has 16 heavy (non-hydrogen) atoms. The average molecular weight is 214 g/mol. The largest absolute Gasteiger partial charge is 0.354 e. The molecule has 0 saturated heterocycles. The van der Waals surface area contributed by atoms with Gasteiger partial charge in [0.2, 0.25) is 5.95 Å². The number of rotatable bonds is 3. The molecule has 0 atom stereocenters. The fourth-order valence-electron chi connectivity index (χ4n) is 1.51. The summed E-state index contributed by atoms with van der Waals surface area (Å²) in [6.07, 6.45) is 5.38. The van der Waals surface area contributed by atoms with E-state index in [9.17, 15) is 0 Å². The molecule has 0 amide bonds. The van der Waals surface area contributed by atoms with Gasteiger partial charge in [-0.05, 0) is 31.5 Å². The van der Waals surface area contributed by atoms with Crippen molar-refractivity contribution in [3.8, 4) is 11.3 Å². The number of anilines is 1. The molecule has 2 aromatic heterocycles. The molecule has 0 unspecified atom stereocenters. The first-order valence-corrected chi connectivity index (χ1v) is 5.29. The molecule has 0 radical (unpaired) electrons. The van der Waals surface area contributed by atoms with Crippen molar-refractivity contribution in [2.75, 3.05) is 11.9 Å². The van der Waals surface area contributed by atoms with E-state index < -0.39 is 0 Å². The maximum Gasteiger partial charge on any atom is 0.223 e. The summed E-state index contributed by atoms with van der Waals surface area (Å²) in [6.45, 7) is 4.86. The van der Waals surface area contributed by atoms with E-state index >= 15 is 0 Å². The van der Waals surface area contributed by atoms with E-state index in [1.54, 1.807) is 12.4 Å². The van der Waals surface area contributed by atoms with Gasteiger partial charge in [0.05, 0.1) is 5.69 Å². The van der Waals surface area contributed by atoms with E-state index in [1.807, 2.05) is 32.2 Å². The van der Waals surface area contributed by atoms with Gasteiger partial charge in [-0.2, -0.15) is 0 Å². The Labute approximate surface area is 94.8 Å². The fraction of sp³-hybridized carbons (Fsp3) is 0.250. The summed E-state index contributed by atoms with van der Waals surface area (Å²) in [7, 11) is 0. The van der Waals surface area contributed by atoms with Gasteiger partial charge >= 0.3 is 0 Å². The van der Waals surface area contributed by atoms with Crippen molar-refractivity contribution in [1.29, 1.82) is 0 Å². The van der Waals surface area contributed by atoms with Crippen LogP contribution >= 0.6 is 0 Å². The molecule has 4 nitrogen and oxygen atoms in total. The Morgan fingerprint density at radius 1 is 1.25 bits per heavy atom. The van der Waals surface area contributed by atoms with E-state index in [2.05, 4.69) is 20.3 Å². The van der Waals surface area contributed by atoms with E-state index in [-0.39, 0.29) is 0 Å². The van der Waals surface area contributed by atoms with E-state index in [4.69, 9.17) is 0 Å². The minimum absolute atomic E-state index is 0.663. The average Bonchev–Trinajstić information content (AvgIpc) is 2.30.